The van der Waals surface area contributed by atoms with Crippen molar-refractivity contribution in [1.29, 1.82) is 0 Å². The second kappa shape index (κ2) is 10.3. The number of allylic oxidation sites excluding steroid dienone is 2. The van der Waals surface area contributed by atoms with Crippen LogP contribution in [0.1, 0.15) is 71.1 Å². The van der Waals surface area contributed by atoms with Gasteiger partial charge in [-0.3, -0.25) is 0 Å². The van der Waals surface area contributed by atoms with Gasteiger partial charge in [-0.2, -0.15) is 0 Å². The third-order valence-corrected chi connectivity index (χ3v) is 5.83. The van der Waals surface area contributed by atoms with E-state index in [9.17, 15) is 0 Å². The molecule has 0 aromatic rings. The minimum absolute atomic E-state index is 0.718. The summed E-state index contributed by atoms with van der Waals surface area (Å²) in [6, 6.07) is 0. The highest BCUT2D eigenvalue weighted by Gasteiger charge is 2.30. The Hall–Kier alpha value is -0.560. The Labute approximate surface area is 138 Å². The normalized spacial score (nSPS) is 33.1. The van der Waals surface area contributed by atoms with Crippen molar-refractivity contribution in [2.24, 2.45) is 23.7 Å². The lowest BCUT2D eigenvalue weighted by Crippen LogP contribution is -2.26. The first kappa shape index (κ1) is 17.8. The van der Waals surface area contributed by atoms with Gasteiger partial charge in [0.25, 0.3) is 0 Å². The van der Waals surface area contributed by atoms with E-state index in [4.69, 9.17) is 4.74 Å². The molecule has 0 unspecified atom stereocenters. The SMILES string of the molecule is C=CCOCC1CCC([C@H]2CC[C@H](/C=C/CCC)CC2)CC1. The minimum Gasteiger partial charge on any atom is -0.377 e. The van der Waals surface area contributed by atoms with Crippen molar-refractivity contribution in [3.63, 3.8) is 0 Å². The van der Waals surface area contributed by atoms with Gasteiger partial charge in [0.15, 0.2) is 0 Å². The zero-order valence-corrected chi connectivity index (χ0v) is 14.6. The maximum atomic E-state index is 5.64. The molecule has 2 rings (SSSR count). The molecule has 0 N–H and O–H groups in total. The third-order valence-electron chi connectivity index (χ3n) is 5.83. The van der Waals surface area contributed by atoms with E-state index in [2.05, 4.69) is 25.7 Å². The Morgan fingerprint density at radius 1 is 0.955 bits per heavy atom. The zero-order valence-electron chi connectivity index (χ0n) is 14.6. The number of unbranched alkanes of at least 4 members (excludes halogenated alkanes) is 1. The lowest BCUT2D eigenvalue weighted by molar-refractivity contribution is 0.0800. The summed E-state index contributed by atoms with van der Waals surface area (Å²) in [5.41, 5.74) is 0. The molecule has 22 heavy (non-hydrogen) atoms. The van der Waals surface area contributed by atoms with Gasteiger partial charge in [-0.1, -0.05) is 31.6 Å². The molecule has 0 radical (unpaired) electrons. The molecule has 2 aliphatic rings. The fourth-order valence-corrected chi connectivity index (χ4v) is 4.41. The average Bonchev–Trinajstić information content (AvgIpc) is 2.57. The fourth-order valence-electron chi connectivity index (χ4n) is 4.41. The molecule has 2 fully saturated rings. The molecule has 0 spiro atoms. The van der Waals surface area contributed by atoms with Gasteiger partial charge in [0.1, 0.15) is 0 Å². The summed E-state index contributed by atoms with van der Waals surface area (Å²) in [7, 11) is 0. The molecule has 0 amide bonds. The van der Waals surface area contributed by atoms with E-state index < -0.39 is 0 Å². The monoisotopic (exact) mass is 304 g/mol. The summed E-state index contributed by atoms with van der Waals surface area (Å²) in [5, 5.41) is 0. The van der Waals surface area contributed by atoms with Crippen molar-refractivity contribution in [3.8, 4) is 0 Å². The van der Waals surface area contributed by atoms with Crippen molar-refractivity contribution in [2.75, 3.05) is 13.2 Å². The van der Waals surface area contributed by atoms with E-state index in [1.807, 2.05) is 6.08 Å². The van der Waals surface area contributed by atoms with Gasteiger partial charge in [0, 0.05) is 6.61 Å². The predicted molar refractivity (Wildman–Crippen MR) is 96.0 cm³/mol. The maximum absolute atomic E-state index is 5.64. The van der Waals surface area contributed by atoms with Crippen molar-refractivity contribution < 1.29 is 4.74 Å². The predicted octanol–water partition coefficient (Wildman–Crippen LogP) is 6.16. The van der Waals surface area contributed by atoms with Gasteiger partial charge in [0.2, 0.25) is 0 Å². The van der Waals surface area contributed by atoms with Crippen LogP contribution < -0.4 is 0 Å². The quantitative estimate of drug-likeness (QED) is 0.385. The first-order valence-electron chi connectivity index (χ1n) is 9.68. The fraction of sp³-hybridized carbons (Fsp3) is 0.810. The molecule has 1 nitrogen and oxygen atoms in total. The second-order valence-electron chi connectivity index (χ2n) is 7.50. The smallest absolute Gasteiger partial charge is 0.0644 e. The van der Waals surface area contributed by atoms with Crippen LogP contribution >= 0.6 is 0 Å². The number of hydrogen-bond acceptors (Lipinski definition) is 1. The minimum atomic E-state index is 0.718. The van der Waals surface area contributed by atoms with Crippen molar-refractivity contribution in [1.82, 2.24) is 0 Å². The van der Waals surface area contributed by atoms with Gasteiger partial charge >= 0.3 is 0 Å². The standard InChI is InChI=1S/C21H36O/c1-3-5-6-7-18-8-12-20(13-9-18)21-14-10-19(11-15-21)17-22-16-4-2/h4,6-7,18-21H,2-3,5,8-17H2,1H3/b7-6+/t18-,19?,20-,21?. The molecule has 0 aliphatic heterocycles. The van der Waals surface area contributed by atoms with E-state index >= 15 is 0 Å². The van der Waals surface area contributed by atoms with E-state index in [-0.39, 0.29) is 0 Å². The molecular formula is C21H36O. The van der Waals surface area contributed by atoms with Crippen molar-refractivity contribution in [2.45, 2.75) is 71.1 Å². The summed E-state index contributed by atoms with van der Waals surface area (Å²) >= 11 is 0. The molecule has 0 bridgehead atoms. The Morgan fingerprint density at radius 2 is 1.59 bits per heavy atom. The highest BCUT2D eigenvalue weighted by atomic mass is 16.5. The van der Waals surface area contributed by atoms with Crippen LogP contribution in [0, 0.1) is 23.7 Å². The van der Waals surface area contributed by atoms with Crippen LogP contribution in [-0.2, 0) is 4.74 Å². The Balaban J connectivity index is 1.63. The Kier molecular flexibility index (Phi) is 8.30. The van der Waals surface area contributed by atoms with Crippen LogP contribution in [0.5, 0.6) is 0 Å². The molecule has 126 valence electrons. The summed E-state index contributed by atoms with van der Waals surface area (Å²) in [6.07, 6.45) is 20.8. The van der Waals surface area contributed by atoms with E-state index in [0.29, 0.717) is 0 Å². The molecule has 0 aromatic heterocycles. The summed E-state index contributed by atoms with van der Waals surface area (Å²) in [6.45, 7) is 7.65. The first-order chi connectivity index (χ1) is 10.8. The zero-order chi connectivity index (χ0) is 15.6. The van der Waals surface area contributed by atoms with Gasteiger partial charge < -0.3 is 4.74 Å². The van der Waals surface area contributed by atoms with Gasteiger partial charge in [-0.15, -0.1) is 6.58 Å². The summed E-state index contributed by atoms with van der Waals surface area (Å²) in [4.78, 5) is 0. The lowest BCUT2D eigenvalue weighted by atomic mass is 9.69. The number of hydrogen-bond donors (Lipinski definition) is 0. The molecule has 0 heterocycles. The third kappa shape index (κ3) is 5.91. The summed E-state index contributed by atoms with van der Waals surface area (Å²) < 4.78 is 5.64. The van der Waals surface area contributed by atoms with Crippen LogP contribution in [0.15, 0.2) is 24.8 Å². The van der Waals surface area contributed by atoms with Gasteiger partial charge in [-0.05, 0) is 81.5 Å². The van der Waals surface area contributed by atoms with E-state index in [0.717, 1.165) is 36.9 Å². The number of ether oxygens (including phenoxy) is 1. The Bertz CT molecular complexity index is 317. The molecule has 2 saturated carbocycles. The second-order valence-corrected chi connectivity index (χ2v) is 7.50. The van der Waals surface area contributed by atoms with Crippen LogP contribution in [0.3, 0.4) is 0 Å². The molecule has 0 saturated heterocycles. The van der Waals surface area contributed by atoms with Gasteiger partial charge in [0.05, 0.1) is 6.61 Å². The molecular weight excluding hydrogens is 268 g/mol. The highest BCUT2D eigenvalue weighted by Crippen LogP contribution is 2.41. The van der Waals surface area contributed by atoms with E-state index in [1.165, 1.54) is 64.2 Å². The number of rotatable bonds is 8. The van der Waals surface area contributed by atoms with E-state index in [1.54, 1.807) is 0 Å². The Morgan fingerprint density at radius 3 is 2.18 bits per heavy atom. The highest BCUT2D eigenvalue weighted by molar-refractivity contribution is 4.92. The van der Waals surface area contributed by atoms with Crippen LogP contribution in [0.25, 0.3) is 0 Å². The first-order valence-corrected chi connectivity index (χ1v) is 9.68. The molecule has 0 atom stereocenters. The maximum Gasteiger partial charge on any atom is 0.0644 e. The molecule has 0 aromatic carbocycles. The summed E-state index contributed by atoms with van der Waals surface area (Å²) in [5.74, 6) is 3.72. The topological polar surface area (TPSA) is 9.23 Å². The van der Waals surface area contributed by atoms with Crippen LogP contribution in [0.2, 0.25) is 0 Å². The molecule has 1 heteroatoms. The van der Waals surface area contributed by atoms with Crippen LogP contribution in [-0.4, -0.2) is 13.2 Å². The van der Waals surface area contributed by atoms with Crippen molar-refractivity contribution >= 4 is 0 Å². The van der Waals surface area contributed by atoms with Crippen LogP contribution in [0.4, 0.5) is 0 Å². The largest absolute Gasteiger partial charge is 0.377 e. The average molecular weight is 305 g/mol. The lowest BCUT2D eigenvalue weighted by Gasteiger charge is -2.37. The van der Waals surface area contributed by atoms with Gasteiger partial charge in [-0.25, -0.2) is 0 Å². The van der Waals surface area contributed by atoms with Crippen molar-refractivity contribution in [3.05, 3.63) is 24.8 Å². The molecule has 2 aliphatic carbocycles.